The molecule has 0 bridgehead atoms. The van der Waals surface area contributed by atoms with Gasteiger partial charge in [0.1, 0.15) is 5.69 Å². The summed E-state index contributed by atoms with van der Waals surface area (Å²) in [6.45, 7) is 7.92. The van der Waals surface area contributed by atoms with Gasteiger partial charge in [-0.3, -0.25) is 4.79 Å². The maximum Gasteiger partial charge on any atom is 0.409 e. The molecular formula is C20H25N5O3. The Morgan fingerprint density at radius 1 is 1.11 bits per heavy atom. The molecule has 1 aliphatic rings. The number of aryl methyl sites for hydroxylation is 2. The highest BCUT2D eigenvalue weighted by molar-refractivity contribution is 5.92. The van der Waals surface area contributed by atoms with Crippen LogP contribution in [0.5, 0.6) is 0 Å². The lowest BCUT2D eigenvalue weighted by molar-refractivity contribution is 0.0566. The SMILES string of the molecule is CCOC(=O)N1CCN(C(=O)c2ccnc(Nc3cc(C)ccc3C)n2)CC1. The van der Waals surface area contributed by atoms with Gasteiger partial charge in [-0.1, -0.05) is 12.1 Å². The molecule has 0 spiro atoms. The third-order valence-corrected chi connectivity index (χ3v) is 4.61. The van der Waals surface area contributed by atoms with Gasteiger partial charge in [-0.15, -0.1) is 0 Å². The number of hydrogen-bond acceptors (Lipinski definition) is 6. The second kappa shape index (κ2) is 8.69. The van der Waals surface area contributed by atoms with Gasteiger partial charge in [0, 0.05) is 38.1 Å². The highest BCUT2D eigenvalue weighted by Gasteiger charge is 2.26. The summed E-state index contributed by atoms with van der Waals surface area (Å²) in [5.41, 5.74) is 3.43. The van der Waals surface area contributed by atoms with Crippen molar-refractivity contribution in [2.24, 2.45) is 0 Å². The van der Waals surface area contributed by atoms with Gasteiger partial charge in [0.2, 0.25) is 5.95 Å². The number of benzene rings is 1. The molecule has 2 aromatic rings. The van der Waals surface area contributed by atoms with E-state index in [2.05, 4.69) is 15.3 Å². The van der Waals surface area contributed by atoms with Crippen molar-refractivity contribution in [2.45, 2.75) is 20.8 Å². The molecule has 8 nitrogen and oxygen atoms in total. The average Bonchev–Trinajstić information content (AvgIpc) is 2.71. The summed E-state index contributed by atoms with van der Waals surface area (Å²) in [5, 5.41) is 3.18. The second-order valence-corrected chi connectivity index (χ2v) is 6.69. The van der Waals surface area contributed by atoms with E-state index in [1.165, 1.54) is 0 Å². The van der Waals surface area contributed by atoms with Crippen molar-refractivity contribution in [3.05, 3.63) is 47.3 Å². The molecule has 0 saturated carbocycles. The zero-order valence-corrected chi connectivity index (χ0v) is 16.4. The Labute approximate surface area is 164 Å². The molecule has 1 aromatic heterocycles. The number of carbonyl (C=O) groups excluding carboxylic acids is 2. The standard InChI is InChI=1S/C20H25N5O3/c1-4-28-20(27)25-11-9-24(10-12-25)18(26)16-7-8-21-19(22-16)23-17-13-14(2)5-6-15(17)3/h5-8,13H,4,9-12H2,1-3H3,(H,21,22,23). The Kier molecular flexibility index (Phi) is 6.08. The molecule has 0 radical (unpaired) electrons. The van der Waals surface area contributed by atoms with E-state index in [4.69, 9.17) is 4.74 Å². The number of nitrogens with zero attached hydrogens (tertiary/aromatic N) is 4. The molecule has 2 amide bonds. The molecule has 1 saturated heterocycles. The molecule has 3 rings (SSSR count). The number of hydrogen-bond donors (Lipinski definition) is 1. The molecule has 2 heterocycles. The topological polar surface area (TPSA) is 87.7 Å². The van der Waals surface area contributed by atoms with Crippen molar-refractivity contribution >= 4 is 23.6 Å². The first-order chi connectivity index (χ1) is 13.5. The number of rotatable bonds is 4. The van der Waals surface area contributed by atoms with Crippen molar-refractivity contribution < 1.29 is 14.3 Å². The fraction of sp³-hybridized carbons (Fsp3) is 0.400. The summed E-state index contributed by atoms with van der Waals surface area (Å²) in [4.78, 5) is 36.5. The Hall–Kier alpha value is -3.16. The number of amides is 2. The second-order valence-electron chi connectivity index (χ2n) is 6.69. The van der Waals surface area contributed by atoms with Crippen LogP contribution in [0, 0.1) is 13.8 Å². The Morgan fingerprint density at radius 3 is 2.54 bits per heavy atom. The maximum atomic E-state index is 12.8. The zero-order valence-electron chi connectivity index (χ0n) is 16.4. The average molecular weight is 383 g/mol. The molecule has 0 unspecified atom stereocenters. The fourth-order valence-electron chi connectivity index (χ4n) is 3.00. The van der Waals surface area contributed by atoms with E-state index in [1.54, 1.807) is 29.0 Å². The normalized spacial score (nSPS) is 14.0. The van der Waals surface area contributed by atoms with Crippen molar-refractivity contribution in [3.8, 4) is 0 Å². The van der Waals surface area contributed by atoms with Crippen molar-refractivity contribution in [1.29, 1.82) is 0 Å². The Bertz CT molecular complexity index is 863. The molecule has 1 aliphatic heterocycles. The molecule has 28 heavy (non-hydrogen) atoms. The minimum atomic E-state index is -0.336. The summed E-state index contributed by atoms with van der Waals surface area (Å²) in [6.07, 6.45) is 1.24. The van der Waals surface area contributed by atoms with Crippen LogP contribution in [-0.2, 0) is 4.74 Å². The van der Waals surface area contributed by atoms with E-state index in [9.17, 15) is 9.59 Å². The van der Waals surface area contributed by atoms with Gasteiger partial charge in [-0.25, -0.2) is 14.8 Å². The first kappa shape index (κ1) is 19.6. The molecule has 1 fully saturated rings. The van der Waals surface area contributed by atoms with Crippen LogP contribution < -0.4 is 5.32 Å². The summed E-state index contributed by atoms with van der Waals surface area (Å²) in [7, 11) is 0. The number of aromatic nitrogens is 2. The third kappa shape index (κ3) is 4.57. The molecular weight excluding hydrogens is 358 g/mol. The van der Waals surface area contributed by atoms with E-state index in [0.717, 1.165) is 16.8 Å². The Balaban J connectivity index is 1.66. The maximum absolute atomic E-state index is 12.8. The number of carbonyl (C=O) groups is 2. The quantitative estimate of drug-likeness (QED) is 0.873. The predicted molar refractivity (Wildman–Crippen MR) is 106 cm³/mol. The monoisotopic (exact) mass is 383 g/mol. The minimum Gasteiger partial charge on any atom is -0.450 e. The van der Waals surface area contributed by atoms with Crippen LogP contribution in [0.25, 0.3) is 0 Å². The van der Waals surface area contributed by atoms with Crippen LogP contribution in [0.4, 0.5) is 16.4 Å². The van der Waals surface area contributed by atoms with E-state index < -0.39 is 0 Å². The number of nitrogens with one attached hydrogen (secondary N) is 1. The molecule has 148 valence electrons. The third-order valence-electron chi connectivity index (χ3n) is 4.61. The first-order valence-corrected chi connectivity index (χ1v) is 9.36. The number of anilines is 2. The summed E-state index contributed by atoms with van der Waals surface area (Å²) < 4.78 is 5.01. The molecule has 8 heteroatoms. The van der Waals surface area contributed by atoms with Crippen molar-refractivity contribution in [1.82, 2.24) is 19.8 Å². The van der Waals surface area contributed by atoms with Crippen LogP contribution in [0.2, 0.25) is 0 Å². The Morgan fingerprint density at radius 2 is 1.82 bits per heavy atom. The summed E-state index contributed by atoms with van der Waals surface area (Å²) in [6, 6.07) is 7.68. The highest BCUT2D eigenvalue weighted by Crippen LogP contribution is 2.20. The zero-order chi connectivity index (χ0) is 20.1. The van der Waals surface area contributed by atoms with Gasteiger partial charge >= 0.3 is 6.09 Å². The fourth-order valence-corrected chi connectivity index (χ4v) is 3.00. The van der Waals surface area contributed by atoms with Gasteiger partial charge < -0.3 is 19.9 Å². The number of ether oxygens (including phenoxy) is 1. The van der Waals surface area contributed by atoms with Crippen molar-refractivity contribution in [2.75, 3.05) is 38.1 Å². The highest BCUT2D eigenvalue weighted by atomic mass is 16.6. The largest absolute Gasteiger partial charge is 0.450 e. The number of piperazine rings is 1. The predicted octanol–water partition coefficient (Wildman–Crippen LogP) is 2.75. The first-order valence-electron chi connectivity index (χ1n) is 9.36. The van der Waals surface area contributed by atoms with Crippen molar-refractivity contribution in [3.63, 3.8) is 0 Å². The van der Waals surface area contributed by atoms with E-state index >= 15 is 0 Å². The molecule has 1 N–H and O–H groups in total. The molecule has 1 aromatic carbocycles. The smallest absolute Gasteiger partial charge is 0.409 e. The van der Waals surface area contributed by atoms with Gasteiger partial charge in [-0.2, -0.15) is 0 Å². The summed E-state index contributed by atoms with van der Waals surface area (Å²) in [5.74, 6) is 0.208. The van der Waals surface area contributed by atoms with E-state index in [0.29, 0.717) is 44.4 Å². The van der Waals surface area contributed by atoms with E-state index in [-0.39, 0.29) is 12.0 Å². The molecule has 0 aliphatic carbocycles. The van der Waals surface area contributed by atoms with Gasteiger partial charge in [-0.05, 0) is 44.0 Å². The minimum absolute atomic E-state index is 0.171. The van der Waals surface area contributed by atoms with Crippen LogP contribution >= 0.6 is 0 Å². The van der Waals surface area contributed by atoms with Gasteiger partial charge in [0.15, 0.2) is 0 Å². The molecule has 0 atom stereocenters. The lowest BCUT2D eigenvalue weighted by Gasteiger charge is -2.33. The van der Waals surface area contributed by atoms with Crippen LogP contribution in [0.1, 0.15) is 28.5 Å². The lowest BCUT2D eigenvalue weighted by Crippen LogP contribution is -2.50. The van der Waals surface area contributed by atoms with Gasteiger partial charge in [0.25, 0.3) is 5.91 Å². The van der Waals surface area contributed by atoms with E-state index in [1.807, 2.05) is 32.0 Å². The van der Waals surface area contributed by atoms with Crippen LogP contribution in [0.3, 0.4) is 0 Å². The lowest BCUT2D eigenvalue weighted by atomic mass is 10.1. The van der Waals surface area contributed by atoms with Crippen LogP contribution in [0.15, 0.2) is 30.5 Å². The summed E-state index contributed by atoms with van der Waals surface area (Å²) >= 11 is 0. The van der Waals surface area contributed by atoms with Gasteiger partial charge in [0.05, 0.1) is 6.61 Å². The van der Waals surface area contributed by atoms with Crippen LogP contribution in [-0.4, -0.2) is 64.6 Å².